The molecule has 0 atom stereocenters. The molecule has 0 amide bonds. The molecule has 2 heteroatoms. The molecule has 0 bridgehead atoms. The van der Waals surface area contributed by atoms with Crippen LogP contribution in [0.25, 0.3) is 0 Å². The summed E-state index contributed by atoms with van der Waals surface area (Å²) in [6.07, 6.45) is 27.1. The summed E-state index contributed by atoms with van der Waals surface area (Å²) in [5.41, 5.74) is 0. The fraction of sp³-hybridized carbons (Fsp3) is 0.682. The van der Waals surface area contributed by atoms with Gasteiger partial charge in [-0.2, -0.15) is 0 Å². The molecule has 138 valence electrons. The second-order valence-electron chi connectivity index (χ2n) is 6.11. The maximum Gasteiger partial charge on any atom is 0.305 e. The van der Waals surface area contributed by atoms with Gasteiger partial charge < -0.3 is 4.74 Å². The highest BCUT2D eigenvalue weighted by atomic mass is 16.5. The third kappa shape index (κ3) is 18.7. The predicted octanol–water partition coefficient (Wildman–Crippen LogP) is 6.92. The number of ether oxygens (including phenoxy) is 1. The Bertz CT molecular complexity index is 353. The van der Waals surface area contributed by atoms with Crippen molar-refractivity contribution in [2.24, 2.45) is 0 Å². The first kappa shape index (κ1) is 22.7. The van der Waals surface area contributed by atoms with Crippen molar-refractivity contribution >= 4 is 5.97 Å². The summed E-state index contributed by atoms with van der Waals surface area (Å²) in [7, 11) is 0. The fourth-order valence-corrected chi connectivity index (χ4v) is 2.48. The van der Waals surface area contributed by atoms with E-state index >= 15 is 0 Å². The van der Waals surface area contributed by atoms with Crippen LogP contribution in [0.2, 0.25) is 0 Å². The summed E-state index contributed by atoms with van der Waals surface area (Å²) in [6, 6.07) is 0. The van der Waals surface area contributed by atoms with Crippen LogP contribution in [-0.2, 0) is 9.53 Å². The van der Waals surface area contributed by atoms with E-state index in [0.717, 1.165) is 32.1 Å². The minimum absolute atomic E-state index is 0.0449. The lowest BCUT2D eigenvalue weighted by Crippen LogP contribution is -2.03. The Kier molecular flexibility index (Phi) is 18.7. The molecule has 0 unspecified atom stereocenters. The van der Waals surface area contributed by atoms with Gasteiger partial charge in [-0.05, 0) is 45.4 Å². The molecule has 0 heterocycles. The number of carbonyl (C=O) groups excluding carboxylic acids is 1. The second-order valence-corrected chi connectivity index (χ2v) is 6.11. The van der Waals surface area contributed by atoms with Crippen LogP contribution < -0.4 is 0 Å². The monoisotopic (exact) mass is 334 g/mol. The van der Waals surface area contributed by atoms with E-state index in [1.807, 2.05) is 6.92 Å². The number of carbonyl (C=O) groups is 1. The zero-order valence-electron chi connectivity index (χ0n) is 16.0. The zero-order chi connectivity index (χ0) is 17.7. The Morgan fingerprint density at radius 2 is 1.25 bits per heavy atom. The standard InChI is InChI=1S/C22H38O2/c1-3-5-6-7-8-9-10-11-12-13-14-15-16-17-18-19-20-21-22(23)24-4-2/h5-6,8-9,11-12H,3-4,7,10,13-21H2,1-2H3/b6-5-,9-8-,12-11-. The molecule has 0 aromatic rings. The van der Waals surface area contributed by atoms with Gasteiger partial charge in [-0.1, -0.05) is 75.5 Å². The Balaban J connectivity index is 3.23. The molecule has 0 saturated carbocycles. The number of hydrogen-bond donors (Lipinski definition) is 0. The molecule has 24 heavy (non-hydrogen) atoms. The van der Waals surface area contributed by atoms with Crippen molar-refractivity contribution in [3.8, 4) is 0 Å². The van der Waals surface area contributed by atoms with E-state index in [9.17, 15) is 4.79 Å². The Morgan fingerprint density at radius 1 is 0.708 bits per heavy atom. The van der Waals surface area contributed by atoms with E-state index in [4.69, 9.17) is 4.74 Å². The smallest absolute Gasteiger partial charge is 0.305 e. The van der Waals surface area contributed by atoms with Crippen LogP contribution in [0.5, 0.6) is 0 Å². The van der Waals surface area contributed by atoms with Crippen molar-refractivity contribution in [3.63, 3.8) is 0 Å². The van der Waals surface area contributed by atoms with Gasteiger partial charge in [-0.3, -0.25) is 4.79 Å². The average molecular weight is 335 g/mol. The van der Waals surface area contributed by atoms with Gasteiger partial charge in [0.1, 0.15) is 0 Å². The van der Waals surface area contributed by atoms with Crippen LogP contribution in [0.15, 0.2) is 36.5 Å². The van der Waals surface area contributed by atoms with Gasteiger partial charge >= 0.3 is 5.97 Å². The summed E-state index contributed by atoms with van der Waals surface area (Å²) < 4.78 is 4.92. The average Bonchev–Trinajstić information content (AvgIpc) is 2.58. The van der Waals surface area contributed by atoms with Gasteiger partial charge in [0, 0.05) is 6.42 Å². The second kappa shape index (κ2) is 19.7. The van der Waals surface area contributed by atoms with Crippen molar-refractivity contribution in [1.29, 1.82) is 0 Å². The number of hydrogen-bond acceptors (Lipinski definition) is 2. The van der Waals surface area contributed by atoms with Gasteiger partial charge in [-0.25, -0.2) is 0 Å². The fourth-order valence-electron chi connectivity index (χ4n) is 2.48. The minimum atomic E-state index is -0.0449. The summed E-state index contributed by atoms with van der Waals surface area (Å²) in [6.45, 7) is 4.52. The molecule has 0 spiro atoms. The lowest BCUT2D eigenvalue weighted by Gasteiger charge is -2.02. The SMILES string of the molecule is CC/C=C\C/C=C\C/C=C\CCCCCCCCCC(=O)OCC. The number of unbranched alkanes of at least 4 members (excludes halogenated alkanes) is 7. The third-order valence-corrected chi connectivity index (χ3v) is 3.84. The number of esters is 1. The molecule has 2 nitrogen and oxygen atoms in total. The maximum absolute atomic E-state index is 11.2. The van der Waals surface area contributed by atoms with Gasteiger partial charge in [0.15, 0.2) is 0 Å². The lowest BCUT2D eigenvalue weighted by molar-refractivity contribution is -0.143. The molecule has 0 N–H and O–H groups in total. The topological polar surface area (TPSA) is 26.3 Å². The van der Waals surface area contributed by atoms with Crippen LogP contribution in [-0.4, -0.2) is 12.6 Å². The molecule has 0 aliphatic heterocycles. The molecule has 0 aromatic heterocycles. The highest BCUT2D eigenvalue weighted by molar-refractivity contribution is 5.69. The zero-order valence-corrected chi connectivity index (χ0v) is 16.0. The van der Waals surface area contributed by atoms with Gasteiger partial charge in [-0.15, -0.1) is 0 Å². The van der Waals surface area contributed by atoms with Crippen LogP contribution >= 0.6 is 0 Å². The van der Waals surface area contributed by atoms with Crippen molar-refractivity contribution in [2.45, 2.75) is 90.9 Å². The van der Waals surface area contributed by atoms with Gasteiger partial charge in [0.25, 0.3) is 0 Å². The summed E-state index contributed by atoms with van der Waals surface area (Å²) in [5, 5.41) is 0. The first-order chi connectivity index (χ1) is 11.8. The first-order valence-corrected chi connectivity index (χ1v) is 9.91. The number of rotatable bonds is 16. The van der Waals surface area contributed by atoms with Crippen molar-refractivity contribution < 1.29 is 9.53 Å². The van der Waals surface area contributed by atoms with E-state index in [1.54, 1.807) is 0 Å². The van der Waals surface area contributed by atoms with Crippen molar-refractivity contribution in [3.05, 3.63) is 36.5 Å². The van der Waals surface area contributed by atoms with Crippen LogP contribution in [0, 0.1) is 0 Å². The molecule has 0 aliphatic rings. The van der Waals surface area contributed by atoms with Crippen LogP contribution in [0.4, 0.5) is 0 Å². The molecule has 0 fully saturated rings. The van der Waals surface area contributed by atoms with Crippen LogP contribution in [0.3, 0.4) is 0 Å². The lowest BCUT2D eigenvalue weighted by atomic mass is 10.1. The summed E-state index contributed by atoms with van der Waals surface area (Å²) >= 11 is 0. The summed E-state index contributed by atoms with van der Waals surface area (Å²) in [5.74, 6) is -0.0449. The molecule has 0 radical (unpaired) electrons. The van der Waals surface area contributed by atoms with E-state index in [-0.39, 0.29) is 5.97 Å². The molecular weight excluding hydrogens is 296 g/mol. The summed E-state index contributed by atoms with van der Waals surface area (Å²) in [4.78, 5) is 11.2. The molecule has 0 aliphatic carbocycles. The Hall–Kier alpha value is -1.31. The Morgan fingerprint density at radius 3 is 1.88 bits per heavy atom. The van der Waals surface area contributed by atoms with Crippen molar-refractivity contribution in [1.82, 2.24) is 0 Å². The van der Waals surface area contributed by atoms with E-state index in [1.165, 1.54) is 38.5 Å². The van der Waals surface area contributed by atoms with Crippen molar-refractivity contribution in [2.75, 3.05) is 6.61 Å². The highest BCUT2D eigenvalue weighted by Crippen LogP contribution is 2.10. The molecular formula is C22H38O2. The van der Waals surface area contributed by atoms with Gasteiger partial charge in [0.05, 0.1) is 6.61 Å². The van der Waals surface area contributed by atoms with E-state index in [2.05, 4.69) is 43.4 Å². The predicted molar refractivity (Wildman–Crippen MR) is 105 cm³/mol. The molecule has 0 rings (SSSR count). The Labute approximate surface area is 150 Å². The normalized spacial score (nSPS) is 11.9. The molecule has 0 saturated heterocycles. The molecule has 0 aromatic carbocycles. The quantitative estimate of drug-likeness (QED) is 0.174. The third-order valence-electron chi connectivity index (χ3n) is 3.84. The minimum Gasteiger partial charge on any atom is -0.466 e. The first-order valence-electron chi connectivity index (χ1n) is 9.91. The number of allylic oxidation sites excluding steroid dienone is 6. The van der Waals surface area contributed by atoms with E-state index < -0.39 is 0 Å². The van der Waals surface area contributed by atoms with Gasteiger partial charge in [0.2, 0.25) is 0 Å². The highest BCUT2D eigenvalue weighted by Gasteiger charge is 2.00. The largest absolute Gasteiger partial charge is 0.466 e. The van der Waals surface area contributed by atoms with Crippen LogP contribution in [0.1, 0.15) is 90.9 Å². The maximum atomic E-state index is 11.2. The van der Waals surface area contributed by atoms with E-state index in [0.29, 0.717) is 13.0 Å².